The second-order valence-electron chi connectivity index (χ2n) is 3.72. The van der Waals surface area contributed by atoms with E-state index in [2.05, 4.69) is 5.32 Å². The third-order valence-electron chi connectivity index (χ3n) is 2.34. The molecule has 0 heterocycles. The highest BCUT2D eigenvalue weighted by Gasteiger charge is 2.12. The van der Waals surface area contributed by atoms with Gasteiger partial charge in [0.1, 0.15) is 12.3 Å². The topological polar surface area (TPSA) is 78.9 Å². The molecule has 0 saturated carbocycles. The number of nitrogens with one attached hydrogen (secondary N) is 1. The summed E-state index contributed by atoms with van der Waals surface area (Å²) in [6.45, 7) is -0.0510. The average Bonchev–Trinajstić information content (AvgIpc) is 2.35. The molecule has 2 N–H and O–H groups in total. The van der Waals surface area contributed by atoms with E-state index in [-0.39, 0.29) is 13.1 Å². The number of benzene rings is 1. The number of carbonyl (C=O) groups is 2. The van der Waals surface area contributed by atoms with Crippen LogP contribution in [0.1, 0.15) is 5.56 Å². The molecular formula is C12H16N2O4. The zero-order valence-electron chi connectivity index (χ0n) is 10.3. The van der Waals surface area contributed by atoms with Gasteiger partial charge in [0.25, 0.3) is 0 Å². The van der Waals surface area contributed by atoms with Gasteiger partial charge < -0.3 is 20.1 Å². The maximum Gasteiger partial charge on any atom is 0.323 e. The summed E-state index contributed by atoms with van der Waals surface area (Å²) in [7, 11) is 2.98. The predicted molar refractivity (Wildman–Crippen MR) is 65.5 cm³/mol. The Balaban J connectivity index is 2.54. The number of likely N-dealkylation sites (N-methyl/N-ethyl adjacent to an activating group) is 1. The smallest absolute Gasteiger partial charge is 0.323 e. The van der Waals surface area contributed by atoms with Crippen molar-refractivity contribution in [2.75, 3.05) is 20.7 Å². The van der Waals surface area contributed by atoms with Gasteiger partial charge in [-0.15, -0.1) is 0 Å². The van der Waals surface area contributed by atoms with Crippen molar-refractivity contribution in [2.45, 2.75) is 6.54 Å². The van der Waals surface area contributed by atoms with Gasteiger partial charge in [-0.2, -0.15) is 0 Å². The van der Waals surface area contributed by atoms with Gasteiger partial charge in [0, 0.05) is 19.2 Å². The Morgan fingerprint density at radius 2 is 2.06 bits per heavy atom. The lowest BCUT2D eigenvalue weighted by Crippen LogP contribution is -2.39. The fourth-order valence-electron chi connectivity index (χ4n) is 1.43. The van der Waals surface area contributed by atoms with Gasteiger partial charge in [0.15, 0.2) is 0 Å². The summed E-state index contributed by atoms with van der Waals surface area (Å²) in [4.78, 5) is 23.1. The van der Waals surface area contributed by atoms with E-state index < -0.39 is 12.0 Å². The highest BCUT2D eigenvalue weighted by molar-refractivity contribution is 5.79. The molecule has 0 aliphatic rings. The van der Waals surface area contributed by atoms with Crippen LogP contribution in [-0.2, 0) is 11.3 Å². The molecule has 6 nitrogen and oxygen atoms in total. The first-order valence-electron chi connectivity index (χ1n) is 5.37. The SMILES string of the molecule is COc1ccccc1CNC(=O)N(C)CC(=O)O. The Morgan fingerprint density at radius 1 is 1.39 bits per heavy atom. The lowest BCUT2D eigenvalue weighted by atomic mass is 10.2. The molecule has 0 aliphatic heterocycles. The molecular weight excluding hydrogens is 236 g/mol. The highest BCUT2D eigenvalue weighted by Crippen LogP contribution is 2.16. The van der Waals surface area contributed by atoms with Crippen molar-refractivity contribution in [3.8, 4) is 5.75 Å². The molecule has 6 heteroatoms. The summed E-state index contributed by atoms with van der Waals surface area (Å²) in [6.07, 6.45) is 0. The summed E-state index contributed by atoms with van der Waals surface area (Å²) >= 11 is 0. The fourth-order valence-corrected chi connectivity index (χ4v) is 1.43. The number of carbonyl (C=O) groups excluding carboxylic acids is 1. The van der Waals surface area contributed by atoms with Gasteiger partial charge in [0.2, 0.25) is 0 Å². The summed E-state index contributed by atoms with van der Waals surface area (Å²) in [5, 5.41) is 11.2. The molecule has 0 unspecified atom stereocenters. The molecule has 0 aromatic heterocycles. The summed E-state index contributed by atoms with van der Waals surface area (Å²) < 4.78 is 5.14. The minimum atomic E-state index is -1.05. The van der Waals surface area contributed by atoms with E-state index in [0.717, 1.165) is 10.5 Å². The normalized spacial score (nSPS) is 9.67. The number of hydrogen-bond acceptors (Lipinski definition) is 3. The van der Waals surface area contributed by atoms with E-state index in [9.17, 15) is 9.59 Å². The van der Waals surface area contributed by atoms with Crippen LogP contribution in [0.2, 0.25) is 0 Å². The lowest BCUT2D eigenvalue weighted by molar-refractivity contribution is -0.137. The predicted octanol–water partition coefficient (Wildman–Crippen LogP) is 0.921. The van der Waals surface area contributed by atoms with Crippen LogP contribution in [0.5, 0.6) is 5.75 Å². The third-order valence-corrected chi connectivity index (χ3v) is 2.34. The van der Waals surface area contributed by atoms with E-state index in [1.807, 2.05) is 18.2 Å². The van der Waals surface area contributed by atoms with Crippen LogP contribution in [0.3, 0.4) is 0 Å². The number of methoxy groups -OCH3 is 1. The van der Waals surface area contributed by atoms with Crippen molar-refractivity contribution in [1.82, 2.24) is 10.2 Å². The van der Waals surface area contributed by atoms with Crippen LogP contribution in [0.4, 0.5) is 4.79 Å². The lowest BCUT2D eigenvalue weighted by Gasteiger charge is -2.16. The van der Waals surface area contributed by atoms with E-state index in [1.165, 1.54) is 7.05 Å². The van der Waals surface area contributed by atoms with Gasteiger partial charge in [-0.25, -0.2) is 4.79 Å². The van der Waals surface area contributed by atoms with Crippen LogP contribution < -0.4 is 10.1 Å². The second kappa shape index (κ2) is 6.48. The van der Waals surface area contributed by atoms with Crippen LogP contribution in [-0.4, -0.2) is 42.7 Å². The molecule has 0 saturated heterocycles. The summed E-state index contributed by atoms with van der Waals surface area (Å²) in [5.74, 6) is -0.372. The first-order chi connectivity index (χ1) is 8.54. The van der Waals surface area contributed by atoms with Crippen molar-refractivity contribution in [3.05, 3.63) is 29.8 Å². The Morgan fingerprint density at radius 3 is 2.67 bits per heavy atom. The second-order valence-corrected chi connectivity index (χ2v) is 3.72. The van der Waals surface area contributed by atoms with Crippen LogP contribution >= 0.6 is 0 Å². The molecule has 2 amide bonds. The van der Waals surface area contributed by atoms with E-state index in [0.29, 0.717) is 5.75 Å². The number of nitrogens with zero attached hydrogens (tertiary/aromatic N) is 1. The van der Waals surface area contributed by atoms with Crippen molar-refractivity contribution < 1.29 is 19.4 Å². The maximum absolute atomic E-state index is 11.6. The van der Waals surface area contributed by atoms with Crippen LogP contribution in [0.15, 0.2) is 24.3 Å². The monoisotopic (exact) mass is 252 g/mol. The van der Waals surface area contributed by atoms with Crippen molar-refractivity contribution in [1.29, 1.82) is 0 Å². The number of ether oxygens (including phenoxy) is 1. The third kappa shape index (κ3) is 3.97. The zero-order valence-corrected chi connectivity index (χ0v) is 10.3. The fraction of sp³-hybridized carbons (Fsp3) is 0.333. The maximum atomic E-state index is 11.6. The largest absolute Gasteiger partial charge is 0.496 e. The van der Waals surface area contributed by atoms with Gasteiger partial charge in [0.05, 0.1) is 7.11 Å². The van der Waals surface area contributed by atoms with Gasteiger partial charge in [-0.3, -0.25) is 4.79 Å². The molecule has 0 spiro atoms. The number of rotatable bonds is 5. The summed E-state index contributed by atoms with van der Waals surface area (Å²) in [5.41, 5.74) is 0.831. The number of amides is 2. The molecule has 0 radical (unpaired) electrons. The first-order valence-corrected chi connectivity index (χ1v) is 5.37. The Hall–Kier alpha value is -2.24. The van der Waals surface area contributed by atoms with Crippen LogP contribution in [0, 0.1) is 0 Å². The molecule has 0 atom stereocenters. The number of hydrogen-bond donors (Lipinski definition) is 2. The standard InChI is InChI=1S/C12H16N2O4/c1-14(8-11(15)16)12(17)13-7-9-5-3-4-6-10(9)18-2/h3-6H,7-8H2,1-2H3,(H,13,17)(H,15,16). The van der Waals surface area contributed by atoms with Crippen molar-refractivity contribution in [2.24, 2.45) is 0 Å². The number of carboxylic acid groups (broad SMARTS) is 1. The molecule has 1 aromatic carbocycles. The first kappa shape index (κ1) is 13.8. The molecule has 1 rings (SSSR count). The Kier molecular flexibility index (Phi) is 4.98. The molecule has 0 fully saturated rings. The molecule has 98 valence electrons. The summed E-state index contributed by atoms with van der Waals surface area (Å²) in [6, 6.07) is 6.85. The molecule has 0 aliphatic carbocycles. The van der Waals surface area contributed by atoms with Crippen LogP contribution in [0.25, 0.3) is 0 Å². The molecule has 18 heavy (non-hydrogen) atoms. The molecule has 1 aromatic rings. The molecule has 0 bridgehead atoms. The number of urea groups is 1. The van der Waals surface area contributed by atoms with Crippen molar-refractivity contribution >= 4 is 12.0 Å². The number of aliphatic carboxylic acids is 1. The number of carboxylic acids is 1. The minimum Gasteiger partial charge on any atom is -0.496 e. The van der Waals surface area contributed by atoms with E-state index >= 15 is 0 Å². The zero-order chi connectivity index (χ0) is 13.5. The van der Waals surface area contributed by atoms with Gasteiger partial charge >= 0.3 is 12.0 Å². The van der Waals surface area contributed by atoms with Gasteiger partial charge in [-0.05, 0) is 6.07 Å². The average molecular weight is 252 g/mol. The number of para-hydroxylation sites is 1. The quantitative estimate of drug-likeness (QED) is 0.816. The Labute approximate surface area is 105 Å². The highest BCUT2D eigenvalue weighted by atomic mass is 16.5. The minimum absolute atomic E-state index is 0.285. The van der Waals surface area contributed by atoms with Gasteiger partial charge in [-0.1, -0.05) is 18.2 Å². The van der Waals surface area contributed by atoms with E-state index in [1.54, 1.807) is 13.2 Å². The van der Waals surface area contributed by atoms with E-state index in [4.69, 9.17) is 9.84 Å². The van der Waals surface area contributed by atoms with Crippen molar-refractivity contribution in [3.63, 3.8) is 0 Å². The Bertz CT molecular complexity index is 434.